The Morgan fingerprint density at radius 3 is 2.62 bits per heavy atom. The first kappa shape index (κ1) is 15.6. The van der Waals surface area contributed by atoms with E-state index in [-0.39, 0.29) is 11.7 Å². The zero-order chi connectivity index (χ0) is 15.5. The lowest BCUT2D eigenvalue weighted by atomic mass is 10.0. The Hall–Kier alpha value is -1.76. The molecule has 116 valence electrons. The number of alkyl halides is 3. The number of hydrogen-bond acceptors (Lipinski definition) is 2. The van der Waals surface area contributed by atoms with Crippen LogP contribution in [-0.2, 0) is 6.18 Å². The summed E-state index contributed by atoms with van der Waals surface area (Å²) in [5.74, 6) is 0. The lowest BCUT2D eigenvalue weighted by Gasteiger charge is -2.28. The second-order valence-corrected chi connectivity index (χ2v) is 5.23. The molecule has 1 aliphatic heterocycles. The highest BCUT2D eigenvalue weighted by atomic mass is 19.4. The van der Waals surface area contributed by atoms with Crippen LogP contribution in [0.5, 0.6) is 0 Å². The number of halogens is 3. The van der Waals surface area contributed by atoms with Crippen molar-refractivity contribution in [2.45, 2.75) is 38.0 Å². The maximum Gasteiger partial charge on any atom is 0.418 e. The van der Waals surface area contributed by atoms with Gasteiger partial charge in [-0.05, 0) is 31.9 Å². The highest BCUT2D eigenvalue weighted by molar-refractivity contribution is 5.90. The first-order valence-corrected chi connectivity index (χ1v) is 6.83. The fraction of sp³-hybridized carbons (Fsp3) is 0.500. The molecule has 0 bridgehead atoms. The summed E-state index contributed by atoms with van der Waals surface area (Å²) in [6, 6.07) is 4.64. The van der Waals surface area contributed by atoms with E-state index >= 15 is 0 Å². The van der Waals surface area contributed by atoms with E-state index in [4.69, 9.17) is 0 Å². The normalized spacial score (nSPS) is 22.7. The summed E-state index contributed by atoms with van der Waals surface area (Å²) in [6.45, 7) is 2.67. The third-order valence-corrected chi connectivity index (χ3v) is 3.48. The lowest BCUT2D eigenvalue weighted by molar-refractivity contribution is -0.136. The summed E-state index contributed by atoms with van der Waals surface area (Å²) in [7, 11) is 0. The molecule has 0 aromatic heterocycles. The number of hydrogen-bond donors (Lipinski definition) is 3. The van der Waals surface area contributed by atoms with Crippen molar-refractivity contribution in [3.63, 3.8) is 0 Å². The Morgan fingerprint density at radius 2 is 2.00 bits per heavy atom. The summed E-state index contributed by atoms with van der Waals surface area (Å²) in [6.07, 6.45) is -2.77. The molecule has 2 amide bonds. The zero-order valence-corrected chi connectivity index (χ0v) is 11.6. The second-order valence-electron chi connectivity index (χ2n) is 5.23. The fourth-order valence-electron chi connectivity index (χ4n) is 2.31. The van der Waals surface area contributed by atoms with Crippen molar-refractivity contribution in [2.75, 3.05) is 11.9 Å². The molecular formula is C14H18F3N3O. The molecule has 1 aliphatic rings. The van der Waals surface area contributed by atoms with Gasteiger partial charge in [-0.15, -0.1) is 0 Å². The van der Waals surface area contributed by atoms with Crippen molar-refractivity contribution >= 4 is 11.7 Å². The molecule has 2 atom stereocenters. The minimum absolute atomic E-state index is 0.0701. The van der Waals surface area contributed by atoms with Crippen molar-refractivity contribution in [2.24, 2.45) is 0 Å². The Labute approximate surface area is 121 Å². The van der Waals surface area contributed by atoms with Crippen LogP contribution >= 0.6 is 0 Å². The number of benzene rings is 1. The Balaban J connectivity index is 1.97. The molecule has 2 unspecified atom stereocenters. The van der Waals surface area contributed by atoms with Crippen LogP contribution in [0.4, 0.5) is 23.7 Å². The molecule has 4 nitrogen and oxygen atoms in total. The van der Waals surface area contributed by atoms with Gasteiger partial charge in [-0.3, -0.25) is 0 Å². The quantitative estimate of drug-likeness (QED) is 0.786. The number of nitrogens with one attached hydrogen (secondary N) is 3. The minimum atomic E-state index is -4.49. The first-order valence-electron chi connectivity index (χ1n) is 6.83. The molecule has 21 heavy (non-hydrogen) atoms. The first-order chi connectivity index (χ1) is 9.86. The smallest absolute Gasteiger partial charge is 0.334 e. The average molecular weight is 301 g/mol. The van der Waals surface area contributed by atoms with Crippen LogP contribution in [-0.4, -0.2) is 24.7 Å². The lowest BCUT2D eigenvalue weighted by Crippen LogP contribution is -2.49. The maximum absolute atomic E-state index is 12.8. The van der Waals surface area contributed by atoms with E-state index in [1.807, 2.05) is 0 Å². The SMILES string of the molecule is CC1CCC(NC(=O)Nc2ccccc2C(F)(F)F)CN1. The van der Waals surface area contributed by atoms with Crippen LogP contribution in [0, 0.1) is 0 Å². The van der Waals surface area contributed by atoms with E-state index in [0.29, 0.717) is 12.6 Å². The molecule has 1 heterocycles. The molecule has 0 aliphatic carbocycles. The zero-order valence-electron chi connectivity index (χ0n) is 11.6. The van der Waals surface area contributed by atoms with Gasteiger partial charge in [0.05, 0.1) is 11.3 Å². The molecule has 1 aromatic carbocycles. The van der Waals surface area contributed by atoms with Gasteiger partial charge in [-0.1, -0.05) is 12.1 Å². The number of carbonyl (C=O) groups is 1. The number of amides is 2. The summed E-state index contributed by atoms with van der Waals surface area (Å²) in [4.78, 5) is 11.8. The summed E-state index contributed by atoms with van der Waals surface area (Å²) >= 11 is 0. The van der Waals surface area contributed by atoms with Gasteiger partial charge in [0.15, 0.2) is 0 Å². The molecule has 0 saturated carbocycles. The Kier molecular flexibility index (Phi) is 4.72. The fourth-order valence-corrected chi connectivity index (χ4v) is 2.31. The maximum atomic E-state index is 12.8. The molecular weight excluding hydrogens is 283 g/mol. The number of rotatable bonds is 2. The van der Waals surface area contributed by atoms with Crippen LogP contribution < -0.4 is 16.0 Å². The summed E-state index contributed by atoms with van der Waals surface area (Å²) < 4.78 is 38.5. The van der Waals surface area contributed by atoms with Crippen molar-refractivity contribution in [3.05, 3.63) is 29.8 Å². The highest BCUT2D eigenvalue weighted by Gasteiger charge is 2.33. The van der Waals surface area contributed by atoms with Crippen molar-refractivity contribution < 1.29 is 18.0 Å². The predicted octanol–water partition coefficient (Wildman–Crippen LogP) is 2.97. The van der Waals surface area contributed by atoms with Gasteiger partial charge in [-0.2, -0.15) is 13.2 Å². The third kappa shape index (κ3) is 4.35. The predicted molar refractivity (Wildman–Crippen MR) is 74.1 cm³/mol. The largest absolute Gasteiger partial charge is 0.418 e. The van der Waals surface area contributed by atoms with Crippen molar-refractivity contribution in [3.8, 4) is 0 Å². The Morgan fingerprint density at radius 1 is 1.29 bits per heavy atom. The molecule has 0 spiro atoms. The molecule has 1 fully saturated rings. The topological polar surface area (TPSA) is 53.2 Å². The Bertz CT molecular complexity index is 496. The van der Waals surface area contributed by atoms with E-state index in [0.717, 1.165) is 18.9 Å². The van der Waals surface area contributed by atoms with E-state index in [1.54, 1.807) is 0 Å². The van der Waals surface area contributed by atoms with Crippen LogP contribution in [0.25, 0.3) is 0 Å². The third-order valence-electron chi connectivity index (χ3n) is 3.48. The molecule has 3 N–H and O–H groups in total. The standard InChI is InChI=1S/C14H18F3N3O/c1-9-6-7-10(8-18-9)19-13(21)20-12-5-3-2-4-11(12)14(15,16)17/h2-5,9-10,18H,6-8H2,1H3,(H2,19,20,21). The average Bonchev–Trinajstić information content (AvgIpc) is 2.41. The second kappa shape index (κ2) is 6.34. The highest BCUT2D eigenvalue weighted by Crippen LogP contribution is 2.34. The van der Waals surface area contributed by atoms with Crippen LogP contribution in [0.3, 0.4) is 0 Å². The van der Waals surface area contributed by atoms with E-state index in [9.17, 15) is 18.0 Å². The number of urea groups is 1. The van der Waals surface area contributed by atoms with E-state index in [1.165, 1.54) is 18.2 Å². The molecule has 1 saturated heterocycles. The number of piperidine rings is 1. The number of para-hydroxylation sites is 1. The van der Waals surface area contributed by atoms with Gasteiger partial charge in [0.25, 0.3) is 0 Å². The van der Waals surface area contributed by atoms with Gasteiger partial charge >= 0.3 is 12.2 Å². The van der Waals surface area contributed by atoms with Crippen molar-refractivity contribution in [1.82, 2.24) is 10.6 Å². The van der Waals surface area contributed by atoms with Gasteiger partial charge in [0.2, 0.25) is 0 Å². The van der Waals surface area contributed by atoms with Crippen LogP contribution in [0.1, 0.15) is 25.3 Å². The van der Waals surface area contributed by atoms with Crippen LogP contribution in [0.15, 0.2) is 24.3 Å². The molecule has 2 rings (SSSR count). The van der Waals surface area contributed by atoms with Crippen LogP contribution in [0.2, 0.25) is 0 Å². The summed E-state index contributed by atoms with van der Waals surface area (Å²) in [5, 5.41) is 8.18. The van der Waals surface area contributed by atoms with Gasteiger partial charge in [0, 0.05) is 18.6 Å². The van der Waals surface area contributed by atoms with Crippen molar-refractivity contribution in [1.29, 1.82) is 0 Å². The van der Waals surface area contributed by atoms with E-state index in [2.05, 4.69) is 22.9 Å². The summed E-state index contributed by atoms with van der Waals surface area (Å²) in [5.41, 5.74) is -1.09. The minimum Gasteiger partial charge on any atom is -0.334 e. The van der Waals surface area contributed by atoms with Gasteiger partial charge in [-0.25, -0.2) is 4.79 Å². The van der Waals surface area contributed by atoms with Gasteiger partial charge < -0.3 is 16.0 Å². The van der Waals surface area contributed by atoms with Gasteiger partial charge in [0.1, 0.15) is 0 Å². The monoisotopic (exact) mass is 301 g/mol. The number of anilines is 1. The number of carbonyl (C=O) groups excluding carboxylic acids is 1. The van der Waals surface area contributed by atoms with E-state index < -0.39 is 17.8 Å². The molecule has 0 radical (unpaired) electrons. The molecule has 1 aromatic rings. The molecule has 7 heteroatoms.